The Morgan fingerprint density at radius 1 is 1.19 bits per heavy atom. The molecule has 0 bridgehead atoms. The molecular formula is C18H20FNO. The van der Waals surface area contributed by atoms with Crippen molar-refractivity contribution in [2.24, 2.45) is 0 Å². The fraction of sp³-hybridized carbons (Fsp3) is 0.333. The van der Waals surface area contributed by atoms with E-state index in [0.717, 1.165) is 12.0 Å². The number of rotatable bonds is 4. The predicted octanol–water partition coefficient (Wildman–Crippen LogP) is 3.52. The zero-order chi connectivity index (χ0) is 14.8. The number of aliphatic hydroxyl groups is 1. The first kappa shape index (κ1) is 14.2. The van der Waals surface area contributed by atoms with Crippen molar-refractivity contribution in [2.75, 3.05) is 0 Å². The lowest BCUT2D eigenvalue weighted by Crippen LogP contribution is -2.32. The van der Waals surface area contributed by atoms with Crippen LogP contribution in [0, 0.1) is 5.82 Å². The van der Waals surface area contributed by atoms with Gasteiger partial charge in [-0.3, -0.25) is 0 Å². The minimum atomic E-state index is -0.406. The van der Waals surface area contributed by atoms with E-state index < -0.39 is 6.10 Å². The van der Waals surface area contributed by atoms with Crippen LogP contribution in [0.15, 0.2) is 48.5 Å². The van der Waals surface area contributed by atoms with Crippen LogP contribution in [-0.2, 0) is 6.42 Å². The lowest BCUT2D eigenvalue weighted by molar-refractivity contribution is 0.134. The lowest BCUT2D eigenvalue weighted by atomic mass is 10.0. The van der Waals surface area contributed by atoms with Gasteiger partial charge in [0.15, 0.2) is 0 Å². The molecule has 0 amide bonds. The normalized spacial score (nSPS) is 22.0. The Bertz CT molecular complexity index is 611. The van der Waals surface area contributed by atoms with Crippen molar-refractivity contribution in [1.82, 2.24) is 5.32 Å². The van der Waals surface area contributed by atoms with Gasteiger partial charge in [0, 0.05) is 12.5 Å². The Morgan fingerprint density at radius 3 is 2.62 bits per heavy atom. The average Bonchev–Trinajstić information content (AvgIpc) is 2.81. The smallest absolute Gasteiger partial charge is 0.123 e. The highest BCUT2D eigenvalue weighted by Crippen LogP contribution is 2.33. The molecule has 3 heteroatoms. The van der Waals surface area contributed by atoms with Gasteiger partial charge < -0.3 is 10.4 Å². The van der Waals surface area contributed by atoms with E-state index in [1.165, 1.54) is 23.3 Å². The third kappa shape index (κ3) is 2.85. The van der Waals surface area contributed by atoms with E-state index in [9.17, 15) is 9.50 Å². The van der Waals surface area contributed by atoms with Crippen molar-refractivity contribution in [3.8, 4) is 0 Å². The lowest BCUT2D eigenvalue weighted by Gasteiger charge is -2.25. The Balaban J connectivity index is 1.82. The van der Waals surface area contributed by atoms with Gasteiger partial charge in [0.05, 0.1) is 12.1 Å². The summed E-state index contributed by atoms with van der Waals surface area (Å²) in [5, 5.41) is 13.9. The van der Waals surface area contributed by atoms with E-state index in [1.54, 1.807) is 0 Å². The summed E-state index contributed by atoms with van der Waals surface area (Å²) < 4.78 is 13.1. The molecule has 2 aromatic carbocycles. The van der Waals surface area contributed by atoms with E-state index in [-0.39, 0.29) is 17.9 Å². The third-order valence-corrected chi connectivity index (χ3v) is 4.27. The van der Waals surface area contributed by atoms with Crippen LogP contribution < -0.4 is 5.32 Å². The summed E-state index contributed by atoms with van der Waals surface area (Å²) in [6.07, 6.45) is 1.17. The quantitative estimate of drug-likeness (QED) is 0.901. The molecular weight excluding hydrogens is 265 g/mol. The first-order valence-electron chi connectivity index (χ1n) is 7.46. The molecule has 2 nitrogen and oxygen atoms in total. The highest BCUT2D eigenvalue weighted by Gasteiger charge is 2.32. The first-order valence-corrected chi connectivity index (χ1v) is 7.46. The zero-order valence-corrected chi connectivity index (χ0v) is 12.1. The molecule has 0 saturated heterocycles. The van der Waals surface area contributed by atoms with Gasteiger partial charge in [-0.25, -0.2) is 4.39 Å². The van der Waals surface area contributed by atoms with Gasteiger partial charge in [0.1, 0.15) is 5.82 Å². The summed E-state index contributed by atoms with van der Waals surface area (Å²) in [5.41, 5.74) is 3.43. The maximum absolute atomic E-state index is 13.1. The molecule has 2 aromatic rings. The van der Waals surface area contributed by atoms with E-state index in [1.807, 2.05) is 24.3 Å². The molecule has 1 aliphatic rings. The number of fused-ring (bicyclic) bond motifs is 1. The molecule has 2 N–H and O–H groups in total. The predicted molar refractivity (Wildman–Crippen MR) is 81.5 cm³/mol. The van der Waals surface area contributed by atoms with Gasteiger partial charge in [0.25, 0.3) is 0 Å². The van der Waals surface area contributed by atoms with Crippen molar-refractivity contribution in [2.45, 2.75) is 38.0 Å². The molecule has 3 atom stereocenters. The third-order valence-electron chi connectivity index (χ3n) is 4.27. The molecule has 0 saturated carbocycles. The summed E-state index contributed by atoms with van der Waals surface area (Å²) in [6.45, 7) is 2.09. The summed E-state index contributed by atoms with van der Waals surface area (Å²) in [4.78, 5) is 0. The van der Waals surface area contributed by atoms with Crippen molar-refractivity contribution >= 4 is 0 Å². The van der Waals surface area contributed by atoms with Gasteiger partial charge in [-0.15, -0.1) is 0 Å². The minimum Gasteiger partial charge on any atom is -0.391 e. The molecule has 3 rings (SSSR count). The van der Waals surface area contributed by atoms with Gasteiger partial charge in [-0.05, 0) is 35.2 Å². The van der Waals surface area contributed by atoms with Crippen LogP contribution in [-0.4, -0.2) is 11.2 Å². The van der Waals surface area contributed by atoms with Gasteiger partial charge in [-0.2, -0.15) is 0 Å². The molecule has 110 valence electrons. The number of hydrogen-bond acceptors (Lipinski definition) is 2. The van der Waals surface area contributed by atoms with Crippen LogP contribution >= 0.6 is 0 Å². The monoisotopic (exact) mass is 285 g/mol. The Kier molecular flexibility index (Phi) is 4.04. The van der Waals surface area contributed by atoms with Crippen LogP contribution in [0.1, 0.15) is 42.1 Å². The molecule has 0 heterocycles. The fourth-order valence-electron chi connectivity index (χ4n) is 3.14. The largest absolute Gasteiger partial charge is 0.391 e. The van der Waals surface area contributed by atoms with Gasteiger partial charge in [-0.1, -0.05) is 43.3 Å². The fourth-order valence-corrected chi connectivity index (χ4v) is 3.14. The Morgan fingerprint density at radius 2 is 1.90 bits per heavy atom. The average molecular weight is 285 g/mol. The number of halogens is 1. The van der Waals surface area contributed by atoms with Crippen molar-refractivity contribution in [3.63, 3.8) is 0 Å². The highest BCUT2D eigenvalue weighted by molar-refractivity contribution is 5.37. The zero-order valence-electron chi connectivity index (χ0n) is 12.1. The summed E-state index contributed by atoms with van der Waals surface area (Å²) in [7, 11) is 0. The van der Waals surface area contributed by atoms with Crippen molar-refractivity contribution < 1.29 is 9.50 Å². The number of benzene rings is 2. The minimum absolute atomic E-state index is 0.0591. The van der Waals surface area contributed by atoms with Gasteiger partial charge >= 0.3 is 0 Å². The van der Waals surface area contributed by atoms with E-state index in [2.05, 4.69) is 24.4 Å². The highest BCUT2D eigenvalue weighted by atomic mass is 19.1. The first-order chi connectivity index (χ1) is 10.2. The molecule has 0 aliphatic heterocycles. The summed E-state index contributed by atoms with van der Waals surface area (Å²) >= 11 is 0. The van der Waals surface area contributed by atoms with Crippen molar-refractivity contribution in [3.05, 3.63) is 71.0 Å². The summed E-state index contributed by atoms with van der Waals surface area (Å²) in [6, 6.07) is 14.8. The van der Waals surface area contributed by atoms with Crippen LogP contribution in [0.2, 0.25) is 0 Å². The van der Waals surface area contributed by atoms with Crippen LogP contribution in [0.4, 0.5) is 4.39 Å². The van der Waals surface area contributed by atoms with Gasteiger partial charge in [0.2, 0.25) is 0 Å². The van der Waals surface area contributed by atoms with E-state index in [4.69, 9.17) is 0 Å². The van der Waals surface area contributed by atoms with Crippen LogP contribution in [0.3, 0.4) is 0 Å². The second kappa shape index (κ2) is 5.96. The van der Waals surface area contributed by atoms with Crippen LogP contribution in [0.25, 0.3) is 0 Å². The van der Waals surface area contributed by atoms with Crippen LogP contribution in [0.5, 0.6) is 0 Å². The Labute approximate surface area is 124 Å². The second-order valence-corrected chi connectivity index (χ2v) is 5.63. The molecule has 0 fully saturated rings. The second-order valence-electron chi connectivity index (χ2n) is 5.63. The summed E-state index contributed by atoms with van der Waals surface area (Å²) in [5.74, 6) is -0.222. The number of aliphatic hydroxyl groups excluding tert-OH is 1. The van der Waals surface area contributed by atoms with Crippen molar-refractivity contribution in [1.29, 1.82) is 0 Å². The number of hydrogen-bond donors (Lipinski definition) is 2. The topological polar surface area (TPSA) is 32.3 Å². The molecule has 0 aromatic heterocycles. The standard InChI is InChI=1S/C18H20FNO/c1-2-16(12-7-9-14(19)10-8-12)20-18-15-6-4-3-5-13(15)11-17(18)21/h3-10,16-18,20-21H,2,11H2,1H3. The Hall–Kier alpha value is -1.71. The molecule has 0 radical (unpaired) electrons. The maximum Gasteiger partial charge on any atom is 0.123 e. The van der Waals surface area contributed by atoms with E-state index in [0.29, 0.717) is 6.42 Å². The molecule has 0 spiro atoms. The SMILES string of the molecule is CCC(NC1c2ccccc2CC1O)c1ccc(F)cc1. The molecule has 3 unspecified atom stereocenters. The number of nitrogens with one attached hydrogen (secondary N) is 1. The molecule has 1 aliphatic carbocycles. The maximum atomic E-state index is 13.1. The van der Waals surface area contributed by atoms with E-state index >= 15 is 0 Å². The molecule has 21 heavy (non-hydrogen) atoms.